The first-order valence-electron chi connectivity index (χ1n) is 10.4. The third kappa shape index (κ3) is 5.92. The first-order chi connectivity index (χ1) is 14.9. The maximum absolute atomic E-state index is 13.3. The van der Waals surface area contributed by atoms with Gasteiger partial charge in [-0.15, -0.1) is 11.3 Å². The van der Waals surface area contributed by atoms with E-state index < -0.39 is 0 Å². The van der Waals surface area contributed by atoms with Crippen molar-refractivity contribution in [3.8, 4) is 0 Å². The molecule has 1 atom stereocenters. The highest BCUT2D eigenvalue weighted by molar-refractivity contribution is 7.12. The van der Waals surface area contributed by atoms with Gasteiger partial charge in [0.05, 0.1) is 23.2 Å². The van der Waals surface area contributed by atoms with E-state index in [0.29, 0.717) is 19.6 Å². The molecule has 1 aliphatic heterocycles. The summed E-state index contributed by atoms with van der Waals surface area (Å²) < 4.78 is 5.13. The molecule has 2 aromatic rings. The van der Waals surface area contributed by atoms with Gasteiger partial charge in [-0.2, -0.15) is 5.10 Å². The fraction of sp³-hybridized carbons (Fsp3) is 0.435. The maximum Gasteiger partial charge on any atom is 0.318 e. The Labute approximate surface area is 187 Å². The van der Waals surface area contributed by atoms with Crippen molar-refractivity contribution in [2.45, 2.75) is 39.3 Å². The van der Waals surface area contributed by atoms with E-state index in [1.807, 2.05) is 62.5 Å². The zero-order valence-corrected chi connectivity index (χ0v) is 19.3. The van der Waals surface area contributed by atoms with Crippen LogP contribution in [0.15, 0.2) is 46.9 Å². The number of nitrogens with one attached hydrogen (secondary N) is 1. The average molecular weight is 443 g/mol. The number of rotatable bonds is 8. The summed E-state index contributed by atoms with van der Waals surface area (Å²) in [7, 11) is 1.58. The van der Waals surface area contributed by atoms with Gasteiger partial charge in [0, 0.05) is 26.1 Å². The number of urea groups is 1. The van der Waals surface area contributed by atoms with Crippen LogP contribution in [-0.4, -0.2) is 60.4 Å². The van der Waals surface area contributed by atoms with E-state index in [9.17, 15) is 9.59 Å². The van der Waals surface area contributed by atoms with Crippen LogP contribution in [0.3, 0.4) is 0 Å². The normalized spacial score (nSPS) is 15.8. The molecule has 0 spiro atoms. The molecule has 0 radical (unpaired) electrons. The standard InChI is InChI=1S/C23H30N4O3S/c1-16(2)24-23(29)26(11-12-30-4)15-22(28)27-20(18-9-7-17(3)8-10-18)14-19(25-27)21-6-5-13-31-21/h5-10,13,16,20H,11-12,14-15H2,1-4H3,(H,24,29)/t20-/m1/s1. The number of nitrogens with zero attached hydrogens (tertiary/aromatic N) is 3. The number of amides is 3. The molecule has 0 fully saturated rings. The number of carbonyl (C=O) groups is 2. The summed E-state index contributed by atoms with van der Waals surface area (Å²) in [4.78, 5) is 28.5. The van der Waals surface area contributed by atoms with E-state index in [4.69, 9.17) is 4.74 Å². The zero-order chi connectivity index (χ0) is 22.4. The van der Waals surface area contributed by atoms with Crippen molar-refractivity contribution in [2.24, 2.45) is 5.10 Å². The summed E-state index contributed by atoms with van der Waals surface area (Å²) >= 11 is 1.61. The zero-order valence-electron chi connectivity index (χ0n) is 18.5. The van der Waals surface area contributed by atoms with Crippen LogP contribution in [-0.2, 0) is 9.53 Å². The fourth-order valence-electron chi connectivity index (χ4n) is 3.41. The van der Waals surface area contributed by atoms with Crippen LogP contribution in [0.1, 0.15) is 42.3 Å². The smallest absolute Gasteiger partial charge is 0.318 e. The fourth-order valence-corrected chi connectivity index (χ4v) is 4.13. The number of ether oxygens (including phenoxy) is 1. The molecule has 0 unspecified atom stereocenters. The SMILES string of the molecule is COCCN(CC(=O)N1N=C(c2cccs2)C[C@@H]1c1ccc(C)cc1)C(=O)NC(C)C. The van der Waals surface area contributed by atoms with Crippen molar-refractivity contribution in [2.75, 3.05) is 26.8 Å². The molecule has 8 heteroatoms. The molecule has 31 heavy (non-hydrogen) atoms. The average Bonchev–Trinajstić information content (AvgIpc) is 3.40. The molecular weight excluding hydrogens is 412 g/mol. The Balaban J connectivity index is 1.84. The van der Waals surface area contributed by atoms with Gasteiger partial charge in [0.15, 0.2) is 0 Å². The van der Waals surface area contributed by atoms with Gasteiger partial charge < -0.3 is 15.0 Å². The van der Waals surface area contributed by atoms with Gasteiger partial charge in [0.1, 0.15) is 6.54 Å². The molecule has 7 nitrogen and oxygen atoms in total. The Morgan fingerprint density at radius 1 is 1.29 bits per heavy atom. The number of hydrogen-bond acceptors (Lipinski definition) is 5. The number of thiophene rings is 1. The van der Waals surface area contributed by atoms with Gasteiger partial charge in [-0.05, 0) is 37.8 Å². The molecule has 3 rings (SSSR count). The summed E-state index contributed by atoms with van der Waals surface area (Å²) in [6.45, 7) is 6.43. The van der Waals surface area contributed by atoms with Gasteiger partial charge in [-0.25, -0.2) is 9.80 Å². The number of carbonyl (C=O) groups excluding carboxylic acids is 2. The Morgan fingerprint density at radius 3 is 2.65 bits per heavy atom. The van der Waals surface area contributed by atoms with Crippen LogP contribution >= 0.6 is 11.3 Å². The first kappa shape index (κ1) is 23.0. The van der Waals surface area contributed by atoms with Gasteiger partial charge >= 0.3 is 6.03 Å². The first-order valence-corrected chi connectivity index (χ1v) is 11.3. The second-order valence-electron chi connectivity index (χ2n) is 7.91. The summed E-state index contributed by atoms with van der Waals surface area (Å²) in [6, 6.07) is 11.7. The second kappa shape index (κ2) is 10.5. The lowest BCUT2D eigenvalue weighted by Crippen LogP contribution is -2.48. The molecule has 0 saturated carbocycles. The van der Waals surface area contributed by atoms with Crippen molar-refractivity contribution in [1.82, 2.24) is 15.2 Å². The number of aryl methyl sites for hydroxylation is 1. The summed E-state index contributed by atoms with van der Waals surface area (Å²) in [5.74, 6) is -0.216. The van der Waals surface area contributed by atoms with Gasteiger partial charge in [-0.1, -0.05) is 35.9 Å². The van der Waals surface area contributed by atoms with E-state index in [2.05, 4.69) is 10.4 Å². The molecule has 2 heterocycles. The highest BCUT2D eigenvalue weighted by Crippen LogP contribution is 2.34. The topological polar surface area (TPSA) is 74.2 Å². The van der Waals surface area contributed by atoms with E-state index in [1.165, 1.54) is 4.90 Å². The number of hydrogen-bond donors (Lipinski definition) is 1. The molecule has 1 aliphatic rings. The number of benzene rings is 1. The quantitative estimate of drug-likeness (QED) is 0.676. The highest BCUT2D eigenvalue weighted by atomic mass is 32.1. The Kier molecular flexibility index (Phi) is 7.81. The lowest BCUT2D eigenvalue weighted by Gasteiger charge is -2.27. The van der Waals surface area contributed by atoms with E-state index >= 15 is 0 Å². The summed E-state index contributed by atoms with van der Waals surface area (Å²) in [6.07, 6.45) is 0.644. The van der Waals surface area contributed by atoms with Crippen molar-refractivity contribution >= 4 is 29.0 Å². The summed E-state index contributed by atoms with van der Waals surface area (Å²) in [5.41, 5.74) is 3.09. The second-order valence-corrected chi connectivity index (χ2v) is 8.86. The highest BCUT2D eigenvalue weighted by Gasteiger charge is 2.34. The van der Waals surface area contributed by atoms with Gasteiger partial charge in [0.25, 0.3) is 5.91 Å². The molecule has 3 amide bonds. The maximum atomic E-state index is 13.3. The van der Waals surface area contributed by atoms with E-state index in [-0.39, 0.29) is 30.6 Å². The third-order valence-electron chi connectivity index (χ3n) is 5.02. The molecule has 1 aromatic heterocycles. The minimum absolute atomic E-state index is 0.0248. The predicted octanol–water partition coefficient (Wildman–Crippen LogP) is 3.80. The predicted molar refractivity (Wildman–Crippen MR) is 123 cm³/mol. The minimum Gasteiger partial charge on any atom is -0.383 e. The Hall–Kier alpha value is -2.71. The Bertz CT molecular complexity index is 909. The van der Waals surface area contributed by atoms with Gasteiger partial charge in [0.2, 0.25) is 0 Å². The van der Waals surface area contributed by atoms with E-state index in [1.54, 1.807) is 23.5 Å². The molecule has 0 bridgehead atoms. The molecule has 0 aliphatic carbocycles. The lowest BCUT2D eigenvalue weighted by molar-refractivity contribution is -0.133. The third-order valence-corrected chi connectivity index (χ3v) is 5.94. The molecule has 166 valence electrons. The van der Waals surface area contributed by atoms with Crippen LogP contribution in [0, 0.1) is 6.92 Å². The largest absolute Gasteiger partial charge is 0.383 e. The van der Waals surface area contributed by atoms with Crippen LogP contribution < -0.4 is 5.32 Å². The van der Waals surface area contributed by atoms with Crippen LogP contribution in [0.4, 0.5) is 4.79 Å². The van der Waals surface area contributed by atoms with Crippen LogP contribution in [0.25, 0.3) is 0 Å². The van der Waals surface area contributed by atoms with Crippen molar-refractivity contribution < 1.29 is 14.3 Å². The monoisotopic (exact) mass is 442 g/mol. The van der Waals surface area contributed by atoms with Crippen molar-refractivity contribution in [3.63, 3.8) is 0 Å². The molecular formula is C23H30N4O3S. The summed E-state index contributed by atoms with van der Waals surface area (Å²) in [5, 5.41) is 11.1. The van der Waals surface area contributed by atoms with Crippen molar-refractivity contribution in [3.05, 3.63) is 57.8 Å². The minimum atomic E-state index is -0.283. The van der Waals surface area contributed by atoms with Crippen LogP contribution in [0.2, 0.25) is 0 Å². The molecule has 0 saturated heterocycles. The number of hydrazone groups is 1. The van der Waals surface area contributed by atoms with Gasteiger partial charge in [-0.3, -0.25) is 4.79 Å². The molecule has 1 N–H and O–H groups in total. The number of methoxy groups -OCH3 is 1. The Morgan fingerprint density at radius 2 is 2.03 bits per heavy atom. The van der Waals surface area contributed by atoms with Crippen LogP contribution in [0.5, 0.6) is 0 Å². The molecule has 1 aromatic carbocycles. The lowest BCUT2D eigenvalue weighted by atomic mass is 10.00. The van der Waals surface area contributed by atoms with E-state index in [0.717, 1.165) is 21.7 Å². The van der Waals surface area contributed by atoms with Crippen molar-refractivity contribution in [1.29, 1.82) is 0 Å².